The lowest BCUT2D eigenvalue weighted by Crippen LogP contribution is -2.20. The quantitative estimate of drug-likeness (QED) is 0.601. The van der Waals surface area contributed by atoms with Gasteiger partial charge in [0.2, 0.25) is 0 Å². The smallest absolute Gasteiger partial charge is 0.323 e. The molecule has 0 aromatic heterocycles. The lowest BCUT2D eigenvalue weighted by atomic mass is 10.1. The first kappa shape index (κ1) is 18.9. The lowest BCUT2D eigenvalue weighted by molar-refractivity contribution is 0.0996. The van der Waals surface area contributed by atoms with Gasteiger partial charge in [-0.2, -0.15) is 0 Å². The molecule has 3 aromatic rings. The van der Waals surface area contributed by atoms with Gasteiger partial charge in [0.1, 0.15) is 18.2 Å². The van der Waals surface area contributed by atoms with Crippen molar-refractivity contribution in [1.82, 2.24) is 0 Å². The Morgan fingerprint density at radius 2 is 1.68 bits per heavy atom. The third kappa shape index (κ3) is 4.85. The van der Waals surface area contributed by atoms with Crippen LogP contribution >= 0.6 is 0 Å². The van der Waals surface area contributed by atoms with Gasteiger partial charge in [-0.3, -0.25) is 4.79 Å². The summed E-state index contributed by atoms with van der Waals surface area (Å²) in [4.78, 5) is 23.7. The molecule has 0 aliphatic rings. The summed E-state index contributed by atoms with van der Waals surface area (Å²) in [6.45, 7) is 0.112. The average molecular weight is 379 g/mol. The summed E-state index contributed by atoms with van der Waals surface area (Å²) in [5, 5.41) is 5.27. The molecule has 0 radical (unpaired) electrons. The zero-order valence-corrected chi connectivity index (χ0v) is 14.8. The van der Waals surface area contributed by atoms with Crippen molar-refractivity contribution in [3.63, 3.8) is 0 Å². The maximum absolute atomic E-state index is 13.2. The van der Waals surface area contributed by atoms with Crippen molar-refractivity contribution in [2.45, 2.75) is 6.61 Å². The van der Waals surface area contributed by atoms with E-state index in [0.717, 1.165) is 0 Å². The minimum absolute atomic E-state index is 0.112. The fourth-order valence-electron chi connectivity index (χ4n) is 2.57. The summed E-state index contributed by atoms with van der Waals surface area (Å²) in [5.41, 5.74) is 7.17. The highest BCUT2D eigenvalue weighted by molar-refractivity contribution is 6.00. The van der Waals surface area contributed by atoms with E-state index in [1.807, 2.05) is 0 Å². The summed E-state index contributed by atoms with van der Waals surface area (Å²) in [6, 6.07) is 18.8. The molecule has 0 heterocycles. The first-order valence-corrected chi connectivity index (χ1v) is 8.46. The first-order valence-electron chi connectivity index (χ1n) is 8.46. The normalized spacial score (nSPS) is 10.2. The van der Waals surface area contributed by atoms with Crippen LogP contribution < -0.4 is 21.1 Å². The van der Waals surface area contributed by atoms with Crippen molar-refractivity contribution < 1.29 is 18.7 Å². The lowest BCUT2D eigenvalue weighted by Gasteiger charge is -2.14. The fourth-order valence-corrected chi connectivity index (χ4v) is 2.57. The highest BCUT2D eigenvalue weighted by Crippen LogP contribution is 2.22. The number of hydrogen-bond donors (Lipinski definition) is 3. The number of amides is 3. The van der Waals surface area contributed by atoms with Crippen LogP contribution in [0.25, 0.3) is 0 Å². The maximum atomic E-state index is 13.2. The minimum atomic E-state index is -0.587. The number of nitrogens with one attached hydrogen (secondary N) is 2. The Hall–Kier alpha value is -3.87. The van der Waals surface area contributed by atoms with Gasteiger partial charge in [0.25, 0.3) is 5.91 Å². The molecule has 0 atom stereocenters. The molecular formula is C21H18FN3O3. The van der Waals surface area contributed by atoms with Gasteiger partial charge in [0.05, 0.1) is 5.56 Å². The fraction of sp³-hybridized carbons (Fsp3) is 0.0476. The Bertz CT molecular complexity index is 1010. The van der Waals surface area contributed by atoms with Crippen molar-refractivity contribution in [1.29, 1.82) is 0 Å². The molecule has 3 rings (SSSR count). The Balaban J connectivity index is 1.69. The molecule has 3 amide bonds. The zero-order valence-electron chi connectivity index (χ0n) is 14.8. The predicted octanol–water partition coefficient (Wildman–Crippen LogP) is 4.15. The molecular weight excluding hydrogens is 361 g/mol. The maximum Gasteiger partial charge on any atom is 0.323 e. The number of anilines is 2. The molecule has 0 saturated heterocycles. The topological polar surface area (TPSA) is 93.5 Å². The number of ether oxygens (including phenoxy) is 1. The van der Waals surface area contributed by atoms with E-state index in [2.05, 4.69) is 10.6 Å². The number of primary amides is 1. The monoisotopic (exact) mass is 379 g/mol. The molecule has 0 aliphatic carbocycles. The first-order chi connectivity index (χ1) is 13.5. The van der Waals surface area contributed by atoms with Crippen molar-refractivity contribution in [3.8, 4) is 5.75 Å². The van der Waals surface area contributed by atoms with E-state index < -0.39 is 17.8 Å². The summed E-state index contributed by atoms with van der Waals surface area (Å²) in [5.74, 6) is -0.676. The van der Waals surface area contributed by atoms with Gasteiger partial charge >= 0.3 is 6.03 Å². The Morgan fingerprint density at radius 3 is 2.46 bits per heavy atom. The molecule has 4 N–H and O–H groups in total. The number of carbonyl (C=O) groups is 2. The van der Waals surface area contributed by atoms with Crippen LogP contribution in [0, 0.1) is 5.82 Å². The molecule has 0 unspecified atom stereocenters. The Morgan fingerprint density at radius 1 is 0.929 bits per heavy atom. The van der Waals surface area contributed by atoms with Crippen LogP contribution in [0.5, 0.6) is 5.75 Å². The standard InChI is InChI=1S/C21H18FN3O3/c22-15-7-5-8-16(12-15)24-21(27)25-18-10-3-1-6-14(18)13-28-19-11-4-2-9-17(19)20(23)26/h1-12H,13H2,(H2,23,26)(H2,24,25,27). The molecule has 7 heteroatoms. The molecule has 0 spiro atoms. The van der Waals surface area contributed by atoms with E-state index in [-0.39, 0.29) is 12.2 Å². The van der Waals surface area contributed by atoms with Crippen LogP contribution in [0.4, 0.5) is 20.6 Å². The second-order valence-electron chi connectivity index (χ2n) is 5.90. The summed E-state index contributed by atoms with van der Waals surface area (Å²) >= 11 is 0. The van der Waals surface area contributed by atoms with Gasteiger partial charge in [-0.05, 0) is 36.4 Å². The van der Waals surface area contributed by atoms with Crippen molar-refractivity contribution in [2.24, 2.45) is 5.73 Å². The van der Waals surface area contributed by atoms with E-state index in [0.29, 0.717) is 22.7 Å². The SMILES string of the molecule is NC(=O)c1ccccc1OCc1ccccc1NC(=O)Nc1cccc(F)c1. The van der Waals surface area contributed by atoms with E-state index in [1.54, 1.807) is 54.6 Å². The van der Waals surface area contributed by atoms with E-state index in [1.165, 1.54) is 18.2 Å². The zero-order chi connectivity index (χ0) is 19.9. The van der Waals surface area contributed by atoms with Crippen molar-refractivity contribution in [2.75, 3.05) is 10.6 Å². The van der Waals surface area contributed by atoms with Crippen LogP contribution in [0.2, 0.25) is 0 Å². The van der Waals surface area contributed by atoms with Crippen molar-refractivity contribution >= 4 is 23.3 Å². The Kier molecular flexibility index (Phi) is 5.86. The van der Waals surface area contributed by atoms with Gasteiger partial charge in [-0.1, -0.05) is 36.4 Å². The molecule has 0 aliphatic heterocycles. The molecule has 28 heavy (non-hydrogen) atoms. The number of nitrogens with two attached hydrogens (primary N) is 1. The second kappa shape index (κ2) is 8.68. The van der Waals surface area contributed by atoms with Gasteiger partial charge < -0.3 is 21.1 Å². The van der Waals surface area contributed by atoms with Gasteiger partial charge in [-0.15, -0.1) is 0 Å². The highest BCUT2D eigenvalue weighted by Gasteiger charge is 2.11. The largest absolute Gasteiger partial charge is 0.488 e. The van der Waals surface area contributed by atoms with Crippen LogP contribution in [-0.2, 0) is 6.61 Å². The van der Waals surface area contributed by atoms with E-state index >= 15 is 0 Å². The van der Waals surface area contributed by atoms with E-state index in [4.69, 9.17) is 10.5 Å². The second-order valence-corrected chi connectivity index (χ2v) is 5.90. The number of benzene rings is 3. The van der Waals surface area contributed by atoms with Crippen LogP contribution in [0.3, 0.4) is 0 Å². The van der Waals surface area contributed by atoms with Gasteiger partial charge in [0.15, 0.2) is 0 Å². The molecule has 142 valence electrons. The molecule has 6 nitrogen and oxygen atoms in total. The number of halogens is 1. The summed E-state index contributed by atoms with van der Waals surface area (Å²) < 4.78 is 19.0. The highest BCUT2D eigenvalue weighted by atomic mass is 19.1. The van der Waals surface area contributed by atoms with Crippen LogP contribution in [-0.4, -0.2) is 11.9 Å². The summed E-state index contributed by atoms with van der Waals surface area (Å²) in [7, 11) is 0. The van der Waals surface area contributed by atoms with E-state index in [9.17, 15) is 14.0 Å². The van der Waals surface area contributed by atoms with Gasteiger partial charge in [-0.25, -0.2) is 9.18 Å². The average Bonchev–Trinajstić information content (AvgIpc) is 2.67. The molecule has 0 fully saturated rings. The van der Waals surface area contributed by atoms with Gasteiger partial charge in [0, 0.05) is 16.9 Å². The number of para-hydroxylation sites is 2. The minimum Gasteiger partial charge on any atom is -0.488 e. The third-order valence-corrected chi connectivity index (χ3v) is 3.88. The number of urea groups is 1. The summed E-state index contributed by atoms with van der Waals surface area (Å²) in [6.07, 6.45) is 0. The number of rotatable bonds is 6. The molecule has 0 bridgehead atoms. The number of carbonyl (C=O) groups excluding carboxylic acids is 2. The van der Waals surface area contributed by atoms with Crippen LogP contribution in [0.1, 0.15) is 15.9 Å². The Labute approximate surface area is 161 Å². The van der Waals surface area contributed by atoms with Crippen molar-refractivity contribution in [3.05, 3.63) is 89.7 Å². The third-order valence-electron chi connectivity index (χ3n) is 3.88. The molecule has 0 saturated carbocycles. The molecule has 3 aromatic carbocycles. The number of hydrogen-bond acceptors (Lipinski definition) is 3. The van der Waals surface area contributed by atoms with Crippen LogP contribution in [0.15, 0.2) is 72.8 Å². The predicted molar refractivity (Wildman–Crippen MR) is 105 cm³/mol.